The summed E-state index contributed by atoms with van der Waals surface area (Å²) in [6.45, 7) is 20.8. The zero-order chi connectivity index (χ0) is 33.0. The number of hydrogen-bond acceptors (Lipinski definition) is 4. The number of ether oxygens (including phenoxy) is 1. The third kappa shape index (κ3) is 8.07. The maximum atomic E-state index is 12.9. The quantitative estimate of drug-likeness (QED) is 0.141. The van der Waals surface area contributed by atoms with Crippen LogP contribution in [0.15, 0.2) is 107 Å². The Balaban J connectivity index is 1.48. The molecule has 2 N–H and O–H groups in total. The van der Waals surface area contributed by atoms with E-state index in [0.717, 1.165) is 28.7 Å². The van der Waals surface area contributed by atoms with Crippen LogP contribution < -0.4 is 0 Å². The maximum absolute atomic E-state index is 12.9. The van der Waals surface area contributed by atoms with Gasteiger partial charge < -0.3 is 14.9 Å². The van der Waals surface area contributed by atoms with Crippen LogP contribution in [-0.4, -0.2) is 39.4 Å². The fraction of sp³-hybridized carbons (Fsp3) is 0.525. The molecule has 4 heteroatoms. The summed E-state index contributed by atoms with van der Waals surface area (Å²) in [5.41, 5.74) is 2.99. The SMILES string of the molecule is CC(/C=C/C=C(C)/C=C/C(=O)[C@]1(C)CC(O)CC1(C)C)=C\C=C\C=C(C)\C=C\C=C(C)\C=C\C12OC1(C)CC(O)CC2(C)C. The Kier molecular flexibility index (Phi) is 11.1. The van der Waals surface area contributed by atoms with E-state index in [1.807, 2.05) is 50.3 Å². The molecule has 44 heavy (non-hydrogen) atoms. The molecule has 0 aromatic heterocycles. The van der Waals surface area contributed by atoms with E-state index >= 15 is 0 Å². The van der Waals surface area contributed by atoms with Crippen LogP contribution in [-0.2, 0) is 9.53 Å². The average molecular weight is 601 g/mol. The van der Waals surface area contributed by atoms with Crippen molar-refractivity contribution < 1.29 is 19.7 Å². The second-order valence-corrected chi connectivity index (χ2v) is 15.1. The predicted octanol–water partition coefficient (Wildman–Crippen LogP) is 9.02. The van der Waals surface area contributed by atoms with E-state index < -0.39 is 11.5 Å². The molecule has 3 fully saturated rings. The second kappa shape index (κ2) is 13.7. The Labute approximate surface area is 267 Å². The van der Waals surface area contributed by atoms with Crippen LogP contribution in [0.3, 0.4) is 0 Å². The zero-order valence-corrected chi connectivity index (χ0v) is 28.8. The van der Waals surface area contributed by atoms with Gasteiger partial charge >= 0.3 is 0 Å². The largest absolute Gasteiger partial charge is 0.393 e. The van der Waals surface area contributed by atoms with Crippen molar-refractivity contribution in [1.29, 1.82) is 0 Å². The summed E-state index contributed by atoms with van der Waals surface area (Å²) in [5.74, 6) is 0.0831. The highest BCUT2D eigenvalue weighted by molar-refractivity contribution is 5.95. The standard InChI is InChI=1S/C40H56O4/c1-29(17-13-19-31(3)21-22-35(43)38(9)27-33(41)25-36(38,5)6)15-11-12-16-30(2)18-14-20-32(4)23-24-40-37(7,8)26-34(42)28-39(40,10)44-40/h11-24,33-34,41-42H,25-28H2,1-10H3/b12-11+,17-13+,18-14+,22-21+,24-23+,29-15+,30-16+,31-19+,32-20+/t33?,34?,38-,39?,40?/m0/s1. The normalized spacial score (nSPS) is 34.7. The Morgan fingerprint density at radius 2 is 1.05 bits per heavy atom. The number of aliphatic hydroxyl groups excluding tert-OH is 2. The molecule has 1 heterocycles. The average Bonchev–Trinajstić information content (AvgIpc) is 3.46. The van der Waals surface area contributed by atoms with Gasteiger partial charge in [-0.2, -0.15) is 0 Å². The third-order valence-corrected chi connectivity index (χ3v) is 10.3. The number of fused-ring (bicyclic) bond motifs is 1. The van der Waals surface area contributed by atoms with Crippen molar-refractivity contribution in [3.05, 3.63) is 107 Å². The second-order valence-electron chi connectivity index (χ2n) is 15.1. The molecule has 5 atom stereocenters. The highest BCUT2D eigenvalue weighted by Crippen LogP contribution is 2.66. The van der Waals surface area contributed by atoms with Gasteiger partial charge in [0.05, 0.1) is 12.2 Å². The predicted molar refractivity (Wildman–Crippen MR) is 184 cm³/mol. The molecule has 3 aliphatic rings. The minimum atomic E-state index is -0.534. The van der Waals surface area contributed by atoms with Gasteiger partial charge in [0, 0.05) is 17.3 Å². The number of epoxide rings is 1. The van der Waals surface area contributed by atoms with Gasteiger partial charge in [-0.3, -0.25) is 4.79 Å². The third-order valence-electron chi connectivity index (χ3n) is 10.3. The smallest absolute Gasteiger partial charge is 0.162 e. The van der Waals surface area contributed by atoms with E-state index in [-0.39, 0.29) is 33.9 Å². The lowest BCUT2D eigenvalue weighted by atomic mass is 9.63. The first-order valence-electron chi connectivity index (χ1n) is 16.1. The van der Waals surface area contributed by atoms with Crippen molar-refractivity contribution >= 4 is 5.78 Å². The lowest BCUT2D eigenvalue weighted by molar-refractivity contribution is -0.127. The fourth-order valence-corrected chi connectivity index (χ4v) is 7.12. The molecular formula is C40H56O4. The van der Waals surface area contributed by atoms with Crippen molar-refractivity contribution in [3.8, 4) is 0 Å². The molecule has 0 aromatic carbocycles. The van der Waals surface area contributed by atoms with E-state index in [0.29, 0.717) is 19.3 Å². The molecule has 0 radical (unpaired) electrons. The molecule has 0 bridgehead atoms. The zero-order valence-electron chi connectivity index (χ0n) is 28.8. The van der Waals surface area contributed by atoms with Gasteiger partial charge in [0.15, 0.2) is 5.78 Å². The maximum Gasteiger partial charge on any atom is 0.162 e. The number of rotatable bonds is 11. The molecule has 1 aliphatic heterocycles. The van der Waals surface area contributed by atoms with Gasteiger partial charge in [0.25, 0.3) is 0 Å². The lowest BCUT2D eigenvalue weighted by Crippen LogP contribution is -2.46. The Bertz CT molecular complexity index is 1360. The van der Waals surface area contributed by atoms with Gasteiger partial charge in [-0.15, -0.1) is 0 Å². The minimum Gasteiger partial charge on any atom is -0.393 e. The van der Waals surface area contributed by atoms with Crippen LogP contribution in [0.4, 0.5) is 0 Å². The van der Waals surface area contributed by atoms with E-state index in [9.17, 15) is 15.0 Å². The topological polar surface area (TPSA) is 70.1 Å². The molecule has 0 spiro atoms. The van der Waals surface area contributed by atoms with E-state index in [4.69, 9.17) is 4.74 Å². The van der Waals surface area contributed by atoms with Crippen LogP contribution in [0.25, 0.3) is 0 Å². The Morgan fingerprint density at radius 1 is 0.591 bits per heavy atom. The van der Waals surface area contributed by atoms with Crippen molar-refractivity contribution in [3.63, 3.8) is 0 Å². The van der Waals surface area contributed by atoms with Gasteiger partial charge in [-0.1, -0.05) is 130 Å². The molecule has 3 rings (SSSR count). The van der Waals surface area contributed by atoms with Gasteiger partial charge in [-0.25, -0.2) is 0 Å². The number of carbonyl (C=O) groups is 1. The summed E-state index contributed by atoms with van der Waals surface area (Å²) in [5, 5.41) is 20.4. The van der Waals surface area contributed by atoms with Crippen LogP contribution in [0, 0.1) is 16.2 Å². The summed E-state index contributed by atoms with van der Waals surface area (Å²) in [7, 11) is 0. The van der Waals surface area contributed by atoms with E-state index in [2.05, 4.69) is 97.9 Å². The van der Waals surface area contributed by atoms with Crippen molar-refractivity contribution in [2.24, 2.45) is 16.2 Å². The number of allylic oxidation sites excluding steroid dienone is 17. The fourth-order valence-electron chi connectivity index (χ4n) is 7.12. The molecule has 2 aliphatic carbocycles. The minimum absolute atomic E-state index is 0.0831. The summed E-state index contributed by atoms with van der Waals surface area (Å²) in [6.07, 6.45) is 30.3. The Morgan fingerprint density at radius 3 is 1.55 bits per heavy atom. The number of carbonyl (C=O) groups excluding carboxylic acids is 1. The highest BCUT2D eigenvalue weighted by Gasteiger charge is 2.74. The lowest BCUT2D eigenvalue weighted by Gasteiger charge is -2.39. The molecule has 0 amide bonds. The first-order valence-corrected chi connectivity index (χ1v) is 16.1. The van der Waals surface area contributed by atoms with Gasteiger partial charge in [-0.05, 0) is 71.4 Å². The summed E-state index contributed by atoms with van der Waals surface area (Å²) in [4.78, 5) is 12.9. The van der Waals surface area contributed by atoms with Gasteiger partial charge in [0.1, 0.15) is 11.2 Å². The molecule has 240 valence electrons. The summed E-state index contributed by atoms with van der Waals surface area (Å²) < 4.78 is 6.24. The van der Waals surface area contributed by atoms with Gasteiger partial charge in [0.2, 0.25) is 0 Å². The van der Waals surface area contributed by atoms with E-state index in [1.54, 1.807) is 6.08 Å². The van der Waals surface area contributed by atoms with Crippen molar-refractivity contribution in [2.45, 2.75) is 118 Å². The molecule has 0 aromatic rings. The number of aliphatic hydroxyl groups is 2. The molecule has 2 saturated carbocycles. The highest BCUT2D eigenvalue weighted by atomic mass is 16.6. The van der Waals surface area contributed by atoms with Crippen LogP contribution in [0.2, 0.25) is 0 Å². The van der Waals surface area contributed by atoms with Crippen LogP contribution >= 0.6 is 0 Å². The number of hydrogen-bond donors (Lipinski definition) is 2. The number of ketones is 1. The molecule has 1 saturated heterocycles. The molecule has 4 nitrogen and oxygen atoms in total. The summed E-state index contributed by atoms with van der Waals surface area (Å²) >= 11 is 0. The Hall–Kier alpha value is -2.79. The van der Waals surface area contributed by atoms with Crippen molar-refractivity contribution in [1.82, 2.24) is 0 Å². The first-order chi connectivity index (χ1) is 20.4. The van der Waals surface area contributed by atoms with Crippen LogP contribution in [0.1, 0.15) is 94.9 Å². The summed E-state index contributed by atoms with van der Waals surface area (Å²) in [6, 6.07) is 0. The molecular weight excluding hydrogens is 544 g/mol. The monoisotopic (exact) mass is 600 g/mol. The van der Waals surface area contributed by atoms with Crippen LogP contribution in [0.5, 0.6) is 0 Å². The van der Waals surface area contributed by atoms with E-state index in [1.165, 1.54) is 0 Å². The molecule has 4 unspecified atom stereocenters. The van der Waals surface area contributed by atoms with Crippen molar-refractivity contribution in [2.75, 3.05) is 0 Å². The first kappa shape index (κ1) is 35.7.